The van der Waals surface area contributed by atoms with Crippen LogP contribution in [0, 0.1) is 6.92 Å². The highest BCUT2D eigenvalue weighted by atomic mass is 32.1. The highest BCUT2D eigenvalue weighted by molar-refractivity contribution is 7.17. The van der Waals surface area contributed by atoms with Gasteiger partial charge in [0, 0.05) is 10.4 Å². The number of rotatable bonds is 5. The lowest BCUT2D eigenvalue weighted by Gasteiger charge is -2.12. The van der Waals surface area contributed by atoms with E-state index >= 15 is 0 Å². The van der Waals surface area contributed by atoms with Gasteiger partial charge in [0.05, 0.1) is 25.3 Å². The van der Waals surface area contributed by atoms with E-state index in [0.29, 0.717) is 41.9 Å². The second kappa shape index (κ2) is 7.91. The third-order valence-corrected chi connectivity index (χ3v) is 5.38. The molecule has 0 unspecified atom stereocenters. The van der Waals surface area contributed by atoms with Crippen molar-refractivity contribution >= 4 is 28.2 Å². The van der Waals surface area contributed by atoms with Crippen LogP contribution in [0.25, 0.3) is 11.5 Å². The normalized spacial score (nSPS) is 13.0. The molecule has 2 N–H and O–H groups in total. The molecular formula is C19H18N4O4S. The number of nitrogens with zero attached hydrogens (tertiary/aromatic N) is 2. The Kier molecular flexibility index (Phi) is 5.18. The van der Waals surface area contributed by atoms with Crippen molar-refractivity contribution in [3.05, 3.63) is 52.2 Å². The van der Waals surface area contributed by atoms with Crippen LogP contribution in [-0.2, 0) is 22.6 Å². The van der Waals surface area contributed by atoms with Gasteiger partial charge >= 0.3 is 0 Å². The van der Waals surface area contributed by atoms with E-state index in [4.69, 9.17) is 9.26 Å². The van der Waals surface area contributed by atoms with Gasteiger partial charge in [-0.25, -0.2) is 0 Å². The Morgan fingerprint density at radius 2 is 2.07 bits per heavy atom. The van der Waals surface area contributed by atoms with Crippen LogP contribution >= 0.6 is 11.3 Å². The fourth-order valence-corrected chi connectivity index (χ4v) is 4.16. The molecule has 1 aliphatic rings. The molecule has 0 fully saturated rings. The molecule has 0 bridgehead atoms. The lowest BCUT2D eigenvalue weighted by molar-refractivity contribution is -0.115. The molecule has 3 heterocycles. The van der Waals surface area contributed by atoms with E-state index in [1.54, 1.807) is 31.2 Å². The Balaban J connectivity index is 1.50. The first-order chi connectivity index (χ1) is 13.6. The molecule has 1 aromatic carbocycles. The summed E-state index contributed by atoms with van der Waals surface area (Å²) in [7, 11) is 0. The summed E-state index contributed by atoms with van der Waals surface area (Å²) in [5, 5.41) is 9.96. The Bertz CT molecular complexity index is 1010. The van der Waals surface area contributed by atoms with Gasteiger partial charge in [-0.2, -0.15) is 4.98 Å². The standard InChI is InChI=1S/C19H18N4O4S/c1-11-21-18(27-23-11)16-13-7-8-26-10-14(13)28-19(16)22-15(24)9-20-17(25)12-5-3-2-4-6-12/h2-6H,7-10H2,1H3,(H,20,25)(H,22,24). The van der Waals surface area contributed by atoms with Crippen molar-refractivity contribution in [1.82, 2.24) is 15.5 Å². The van der Waals surface area contributed by atoms with Gasteiger partial charge in [0.25, 0.3) is 11.8 Å². The Labute approximate surface area is 164 Å². The minimum atomic E-state index is -0.332. The molecular weight excluding hydrogens is 380 g/mol. The van der Waals surface area contributed by atoms with Crippen LogP contribution in [0.5, 0.6) is 0 Å². The number of amides is 2. The van der Waals surface area contributed by atoms with Gasteiger partial charge in [-0.05, 0) is 31.0 Å². The summed E-state index contributed by atoms with van der Waals surface area (Å²) < 4.78 is 10.8. The maximum atomic E-state index is 12.4. The van der Waals surface area contributed by atoms with Gasteiger partial charge in [0.1, 0.15) is 5.00 Å². The van der Waals surface area contributed by atoms with Crippen LogP contribution in [0.15, 0.2) is 34.9 Å². The number of carbonyl (C=O) groups is 2. The molecule has 4 rings (SSSR count). The number of benzene rings is 1. The zero-order chi connectivity index (χ0) is 19.5. The number of carbonyl (C=O) groups excluding carboxylic acids is 2. The predicted octanol–water partition coefficient (Wildman–Crippen LogP) is 2.55. The summed E-state index contributed by atoms with van der Waals surface area (Å²) >= 11 is 1.43. The fourth-order valence-electron chi connectivity index (χ4n) is 2.97. The number of hydrogen-bond acceptors (Lipinski definition) is 7. The summed E-state index contributed by atoms with van der Waals surface area (Å²) in [6.45, 7) is 2.69. The van der Waals surface area contributed by atoms with Crippen LogP contribution in [0.4, 0.5) is 5.00 Å². The maximum absolute atomic E-state index is 12.4. The lowest BCUT2D eigenvalue weighted by atomic mass is 10.1. The number of aryl methyl sites for hydroxylation is 1. The number of thiophene rings is 1. The van der Waals surface area contributed by atoms with E-state index in [9.17, 15) is 9.59 Å². The third kappa shape index (κ3) is 3.80. The van der Waals surface area contributed by atoms with Gasteiger partial charge in [0.15, 0.2) is 5.82 Å². The quantitative estimate of drug-likeness (QED) is 0.684. The number of nitrogens with one attached hydrogen (secondary N) is 2. The highest BCUT2D eigenvalue weighted by Gasteiger charge is 2.26. The van der Waals surface area contributed by atoms with Crippen LogP contribution in [0.3, 0.4) is 0 Å². The largest absolute Gasteiger partial charge is 0.376 e. The van der Waals surface area contributed by atoms with Gasteiger partial charge in [-0.1, -0.05) is 23.4 Å². The molecule has 2 aromatic heterocycles. The van der Waals surface area contributed by atoms with Crippen LogP contribution in [-0.4, -0.2) is 35.1 Å². The van der Waals surface area contributed by atoms with Crippen molar-refractivity contribution < 1.29 is 18.8 Å². The topological polar surface area (TPSA) is 106 Å². The molecule has 144 valence electrons. The number of ether oxygens (including phenoxy) is 1. The third-order valence-electron chi connectivity index (χ3n) is 4.26. The molecule has 0 aliphatic carbocycles. The second-order valence-electron chi connectivity index (χ2n) is 6.25. The first kappa shape index (κ1) is 18.3. The van der Waals surface area contributed by atoms with E-state index in [-0.39, 0.29) is 18.4 Å². The number of hydrogen-bond donors (Lipinski definition) is 2. The van der Waals surface area contributed by atoms with Crippen molar-refractivity contribution in [3.8, 4) is 11.5 Å². The summed E-state index contributed by atoms with van der Waals surface area (Å²) in [5.41, 5.74) is 2.30. The molecule has 0 atom stereocenters. The van der Waals surface area contributed by atoms with Crippen molar-refractivity contribution in [2.75, 3.05) is 18.5 Å². The summed E-state index contributed by atoms with van der Waals surface area (Å²) in [6.07, 6.45) is 0.712. The Morgan fingerprint density at radius 3 is 2.82 bits per heavy atom. The average Bonchev–Trinajstić information content (AvgIpc) is 3.29. The minimum Gasteiger partial charge on any atom is -0.376 e. The van der Waals surface area contributed by atoms with E-state index in [2.05, 4.69) is 20.8 Å². The smallest absolute Gasteiger partial charge is 0.261 e. The molecule has 1 aliphatic heterocycles. The summed E-state index contributed by atoms with van der Waals surface area (Å²) in [4.78, 5) is 29.9. The minimum absolute atomic E-state index is 0.144. The Hall–Kier alpha value is -3.04. The van der Waals surface area contributed by atoms with Crippen molar-refractivity contribution in [2.45, 2.75) is 20.0 Å². The van der Waals surface area contributed by atoms with Crippen molar-refractivity contribution in [1.29, 1.82) is 0 Å². The maximum Gasteiger partial charge on any atom is 0.261 e. The molecule has 9 heteroatoms. The molecule has 8 nitrogen and oxygen atoms in total. The van der Waals surface area contributed by atoms with Crippen molar-refractivity contribution in [3.63, 3.8) is 0 Å². The zero-order valence-electron chi connectivity index (χ0n) is 15.2. The first-order valence-corrected chi connectivity index (χ1v) is 9.59. The zero-order valence-corrected chi connectivity index (χ0v) is 16.0. The van der Waals surface area contributed by atoms with Gasteiger partial charge in [0.2, 0.25) is 5.91 Å². The van der Waals surface area contributed by atoms with E-state index in [0.717, 1.165) is 16.0 Å². The number of fused-ring (bicyclic) bond motifs is 1. The predicted molar refractivity (Wildman–Crippen MR) is 103 cm³/mol. The molecule has 0 saturated carbocycles. The van der Waals surface area contributed by atoms with E-state index in [1.165, 1.54) is 11.3 Å². The summed E-state index contributed by atoms with van der Waals surface area (Å²) in [5.74, 6) is 0.263. The Morgan fingerprint density at radius 1 is 1.25 bits per heavy atom. The SMILES string of the molecule is Cc1noc(-c2c(NC(=O)CNC(=O)c3ccccc3)sc3c2CCOC3)n1. The number of anilines is 1. The van der Waals surface area contributed by atoms with Crippen LogP contribution in [0.1, 0.15) is 26.6 Å². The lowest BCUT2D eigenvalue weighted by Crippen LogP contribution is -2.32. The first-order valence-electron chi connectivity index (χ1n) is 8.78. The average molecular weight is 398 g/mol. The summed E-state index contributed by atoms with van der Waals surface area (Å²) in [6, 6.07) is 8.75. The van der Waals surface area contributed by atoms with Gasteiger partial charge in [-0.3, -0.25) is 9.59 Å². The van der Waals surface area contributed by atoms with Gasteiger partial charge in [-0.15, -0.1) is 11.3 Å². The van der Waals surface area contributed by atoms with Gasteiger partial charge < -0.3 is 19.9 Å². The van der Waals surface area contributed by atoms with Crippen LogP contribution < -0.4 is 10.6 Å². The number of aromatic nitrogens is 2. The molecule has 2 amide bonds. The monoisotopic (exact) mass is 398 g/mol. The van der Waals surface area contributed by atoms with E-state index in [1.807, 2.05) is 6.07 Å². The van der Waals surface area contributed by atoms with Crippen molar-refractivity contribution in [2.24, 2.45) is 0 Å². The van der Waals surface area contributed by atoms with Crippen LogP contribution in [0.2, 0.25) is 0 Å². The van der Waals surface area contributed by atoms with E-state index < -0.39 is 0 Å². The second-order valence-corrected chi connectivity index (χ2v) is 7.36. The molecule has 3 aromatic rings. The molecule has 28 heavy (non-hydrogen) atoms. The molecule has 0 saturated heterocycles. The fraction of sp³-hybridized carbons (Fsp3) is 0.263. The molecule has 0 spiro atoms. The highest BCUT2D eigenvalue weighted by Crippen LogP contribution is 2.42. The molecule has 0 radical (unpaired) electrons.